The van der Waals surface area contributed by atoms with Crippen molar-refractivity contribution >= 4 is 11.8 Å². The van der Waals surface area contributed by atoms with Crippen molar-refractivity contribution < 1.29 is 8.78 Å². The summed E-state index contributed by atoms with van der Waals surface area (Å²) in [4.78, 5) is 0.422. The predicted octanol–water partition coefficient (Wildman–Crippen LogP) is 3.87. The molecule has 1 aliphatic rings. The van der Waals surface area contributed by atoms with Gasteiger partial charge in [-0.05, 0) is 38.3 Å². The van der Waals surface area contributed by atoms with Crippen LogP contribution in [0.5, 0.6) is 0 Å². The molecule has 108 valence electrons. The van der Waals surface area contributed by atoms with Crippen molar-refractivity contribution in [2.24, 2.45) is 0 Å². The van der Waals surface area contributed by atoms with Crippen molar-refractivity contribution in [3.05, 3.63) is 29.8 Å². The average molecular weight is 296 g/mol. The Morgan fingerprint density at radius 2 is 2.20 bits per heavy atom. The molecule has 2 rings (SSSR count). The number of hydrogen-bond acceptors (Lipinski definition) is 3. The molecule has 2 atom stereocenters. The maximum atomic E-state index is 13.6. The lowest BCUT2D eigenvalue weighted by Crippen LogP contribution is -2.44. The molecule has 1 saturated carbocycles. The minimum atomic E-state index is -0.593. The van der Waals surface area contributed by atoms with Crippen LogP contribution in [0.15, 0.2) is 23.1 Å². The fourth-order valence-electron chi connectivity index (χ4n) is 2.22. The lowest BCUT2D eigenvalue weighted by molar-refractivity contribution is 0.414. The summed E-state index contributed by atoms with van der Waals surface area (Å²) in [5, 5.41) is 12.7. The quantitative estimate of drug-likeness (QED) is 0.809. The Morgan fingerprint density at radius 1 is 1.50 bits per heavy atom. The molecular weight excluding hydrogens is 278 g/mol. The Morgan fingerprint density at radius 3 is 2.75 bits per heavy atom. The highest BCUT2D eigenvalue weighted by Gasteiger charge is 2.33. The highest BCUT2D eigenvalue weighted by atomic mass is 32.2. The Bertz CT molecular complexity index is 525. The largest absolute Gasteiger partial charge is 0.297 e. The van der Waals surface area contributed by atoms with Crippen LogP contribution < -0.4 is 5.32 Å². The van der Waals surface area contributed by atoms with Crippen molar-refractivity contribution in [3.8, 4) is 6.07 Å². The van der Waals surface area contributed by atoms with Crippen molar-refractivity contribution in [1.29, 1.82) is 5.26 Å². The van der Waals surface area contributed by atoms with E-state index in [9.17, 15) is 14.0 Å². The number of benzene rings is 1. The van der Waals surface area contributed by atoms with E-state index in [1.165, 1.54) is 23.9 Å². The molecule has 2 unspecified atom stereocenters. The smallest absolute Gasteiger partial charge is 0.139 e. The number of thioether (sulfide) groups is 1. The molecule has 1 aromatic carbocycles. The van der Waals surface area contributed by atoms with Gasteiger partial charge in [0.1, 0.15) is 17.2 Å². The van der Waals surface area contributed by atoms with Gasteiger partial charge in [-0.25, -0.2) is 8.78 Å². The first-order valence-corrected chi connectivity index (χ1v) is 7.60. The summed E-state index contributed by atoms with van der Waals surface area (Å²) in [5.41, 5.74) is -0.593. The van der Waals surface area contributed by atoms with Gasteiger partial charge in [0.25, 0.3) is 0 Å². The minimum Gasteiger partial charge on any atom is -0.297 e. The molecule has 1 aliphatic carbocycles. The second kappa shape index (κ2) is 6.11. The monoisotopic (exact) mass is 296 g/mol. The van der Waals surface area contributed by atoms with E-state index in [1.807, 2.05) is 13.8 Å². The summed E-state index contributed by atoms with van der Waals surface area (Å²) in [6.45, 7) is 3.83. The van der Waals surface area contributed by atoms with Crippen molar-refractivity contribution in [2.75, 3.05) is 0 Å². The molecule has 0 aliphatic heterocycles. The average Bonchev–Trinajstić information content (AvgIpc) is 3.16. The van der Waals surface area contributed by atoms with Crippen LogP contribution >= 0.6 is 11.8 Å². The Balaban J connectivity index is 1.96. The lowest BCUT2D eigenvalue weighted by Gasteiger charge is -2.26. The van der Waals surface area contributed by atoms with Crippen LogP contribution in [0.3, 0.4) is 0 Å². The normalized spacial score (nSPS) is 19.1. The third kappa shape index (κ3) is 4.19. The highest BCUT2D eigenvalue weighted by molar-refractivity contribution is 8.00. The first-order valence-electron chi connectivity index (χ1n) is 6.72. The molecule has 5 heteroatoms. The van der Waals surface area contributed by atoms with Gasteiger partial charge < -0.3 is 0 Å². The highest BCUT2D eigenvalue weighted by Crippen LogP contribution is 2.32. The van der Waals surface area contributed by atoms with Crippen LogP contribution in [0.1, 0.15) is 33.1 Å². The zero-order valence-electron chi connectivity index (χ0n) is 11.6. The molecular formula is C15H18F2N2S. The van der Waals surface area contributed by atoms with Crippen LogP contribution in [0.2, 0.25) is 0 Å². The molecule has 0 spiro atoms. The number of halogens is 2. The Hall–Kier alpha value is -1.12. The SMILES string of the molecule is CC(CC(C)(C#N)NC1CC1)Sc1ccc(F)cc1F. The standard InChI is InChI=1S/C15H18F2N2S/c1-10(8-15(2,9-18)19-12-4-5-12)20-14-6-3-11(16)7-13(14)17/h3,6-7,10,12,19H,4-5,8H2,1-2H3. The van der Waals surface area contributed by atoms with Gasteiger partial charge in [-0.1, -0.05) is 6.92 Å². The molecule has 20 heavy (non-hydrogen) atoms. The number of nitrogens with one attached hydrogen (secondary N) is 1. The maximum Gasteiger partial charge on any atom is 0.139 e. The van der Waals surface area contributed by atoms with E-state index in [0.29, 0.717) is 17.4 Å². The second-order valence-corrected chi connectivity index (χ2v) is 7.05. The number of nitriles is 1. The van der Waals surface area contributed by atoms with Crippen LogP contribution in [0.25, 0.3) is 0 Å². The minimum absolute atomic E-state index is 0.0610. The van der Waals surface area contributed by atoms with E-state index < -0.39 is 17.2 Å². The first-order chi connectivity index (χ1) is 9.42. The molecule has 1 fully saturated rings. The molecule has 1 N–H and O–H groups in total. The van der Waals surface area contributed by atoms with E-state index in [0.717, 1.165) is 18.9 Å². The van der Waals surface area contributed by atoms with E-state index in [-0.39, 0.29) is 5.25 Å². The summed E-state index contributed by atoms with van der Waals surface area (Å²) >= 11 is 1.34. The second-order valence-electron chi connectivity index (χ2n) is 5.57. The fraction of sp³-hybridized carbons (Fsp3) is 0.533. The van der Waals surface area contributed by atoms with Crippen LogP contribution in [0, 0.1) is 23.0 Å². The summed E-state index contributed by atoms with van der Waals surface area (Å²) in [5.74, 6) is -1.12. The third-order valence-electron chi connectivity index (χ3n) is 3.26. The summed E-state index contributed by atoms with van der Waals surface area (Å²) < 4.78 is 26.5. The molecule has 0 saturated heterocycles. The predicted molar refractivity (Wildman–Crippen MR) is 76.5 cm³/mol. The third-order valence-corrected chi connectivity index (χ3v) is 4.42. The Labute approximate surface area is 122 Å². The summed E-state index contributed by atoms with van der Waals surface area (Å²) in [6, 6.07) is 6.35. The molecule has 0 aromatic heterocycles. The Kier molecular flexibility index (Phi) is 4.66. The topological polar surface area (TPSA) is 35.8 Å². The van der Waals surface area contributed by atoms with E-state index in [4.69, 9.17) is 0 Å². The molecule has 0 radical (unpaired) electrons. The van der Waals surface area contributed by atoms with E-state index >= 15 is 0 Å². The van der Waals surface area contributed by atoms with Crippen molar-refractivity contribution in [2.45, 2.75) is 54.8 Å². The lowest BCUT2D eigenvalue weighted by atomic mass is 9.98. The van der Waals surface area contributed by atoms with Crippen molar-refractivity contribution in [3.63, 3.8) is 0 Å². The number of rotatable bonds is 6. The van der Waals surface area contributed by atoms with E-state index in [1.54, 1.807) is 0 Å². The molecule has 0 heterocycles. The summed E-state index contributed by atoms with van der Waals surface area (Å²) in [6.07, 6.45) is 2.85. The molecule has 2 nitrogen and oxygen atoms in total. The van der Waals surface area contributed by atoms with Gasteiger partial charge in [0.05, 0.1) is 6.07 Å². The zero-order valence-corrected chi connectivity index (χ0v) is 12.4. The molecule has 1 aromatic rings. The van der Waals surface area contributed by atoms with Crippen molar-refractivity contribution in [1.82, 2.24) is 5.32 Å². The van der Waals surface area contributed by atoms with Crippen LogP contribution in [-0.4, -0.2) is 16.8 Å². The first kappa shape index (κ1) is 15.3. The fourth-order valence-corrected chi connectivity index (χ4v) is 3.39. The number of nitrogens with zero attached hydrogens (tertiary/aromatic N) is 1. The van der Waals surface area contributed by atoms with Gasteiger partial charge in [0.15, 0.2) is 0 Å². The van der Waals surface area contributed by atoms with Gasteiger partial charge >= 0.3 is 0 Å². The van der Waals surface area contributed by atoms with Gasteiger partial charge in [-0.15, -0.1) is 11.8 Å². The van der Waals surface area contributed by atoms with Crippen LogP contribution in [-0.2, 0) is 0 Å². The van der Waals surface area contributed by atoms with Gasteiger partial charge in [0.2, 0.25) is 0 Å². The molecule has 0 bridgehead atoms. The number of hydrogen-bond donors (Lipinski definition) is 1. The van der Waals surface area contributed by atoms with Gasteiger partial charge in [-0.2, -0.15) is 5.26 Å². The zero-order chi connectivity index (χ0) is 14.8. The van der Waals surface area contributed by atoms with Crippen LogP contribution in [0.4, 0.5) is 8.78 Å². The van der Waals surface area contributed by atoms with Gasteiger partial charge in [-0.3, -0.25) is 5.32 Å². The molecule has 0 amide bonds. The summed E-state index contributed by atoms with van der Waals surface area (Å²) in [7, 11) is 0. The maximum absolute atomic E-state index is 13.6. The van der Waals surface area contributed by atoms with Gasteiger partial charge in [0, 0.05) is 22.3 Å². The van der Waals surface area contributed by atoms with E-state index in [2.05, 4.69) is 11.4 Å².